The Balaban J connectivity index is 2.20. The van der Waals surface area contributed by atoms with Crippen LogP contribution in [0.2, 0.25) is 0 Å². The van der Waals surface area contributed by atoms with Gasteiger partial charge in [0.05, 0.1) is 16.4 Å². The molecular formula is C13H10N2OS. The zero-order chi connectivity index (χ0) is 12.1. The second-order valence-electron chi connectivity index (χ2n) is 3.32. The highest BCUT2D eigenvalue weighted by Crippen LogP contribution is 1.99. The van der Waals surface area contributed by atoms with E-state index < -0.39 is 10.8 Å². The van der Waals surface area contributed by atoms with E-state index in [0.717, 1.165) is 5.56 Å². The predicted octanol–water partition coefficient (Wildman–Crippen LogP) is 1.61. The van der Waals surface area contributed by atoms with E-state index in [1.54, 1.807) is 18.6 Å². The Labute approximate surface area is 102 Å². The average Bonchev–Trinajstić information content (AvgIpc) is 2.38. The summed E-state index contributed by atoms with van der Waals surface area (Å²) in [6.45, 7) is 0. The Bertz CT molecular complexity index is 582. The molecule has 2 rings (SSSR count). The first-order valence-electron chi connectivity index (χ1n) is 4.98. The van der Waals surface area contributed by atoms with Crippen LogP contribution in [0.15, 0.2) is 47.9 Å². The van der Waals surface area contributed by atoms with Gasteiger partial charge < -0.3 is 0 Å². The highest BCUT2D eigenvalue weighted by Gasteiger charge is 1.99. The maximum Gasteiger partial charge on any atom is 0.218 e. The molecule has 3 nitrogen and oxygen atoms in total. The molecule has 84 valence electrons. The Morgan fingerprint density at radius 1 is 1.00 bits per heavy atom. The molecule has 1 heterocycles. The molecule has 17 heavy (non-hydrogen) atoms. The van der Waals surface area contributed by atoms with Gasteiger partial charge in [0, 0.05) is 24.2 Å². The summed E-state index contributed by atoms with van der Waals surface area (Å²) in [7, 11) is -1.15. The fourth-order valence-electron chi connectivity index (χ4n) is 1.20. The van der Waals surface area contributed by atoms with Crippen molar-refractivity contribution >= 4 is 10.8 Å². The minimum Gasteiger partial charge on any atom is -0.251 e. The number of rotatable bonds is 1. The third kappa shape index (κ3) is 3.23. The van der Waals surface area contributed by atoms with Crippen molar-refractivity contribution in [2.24, 2.45) is 0 Å². The largest absolute Gasteiger partial charge is 0.251 e. The van der Waals surface area contributed by atoms with Crippen LogP contribution in [-0.2, 0) is 10.8 Å². The van der Waals surface area contributed by atoms with Crippen molar-refractivity contribution in [2.45, 2.75) is 5.16 Å². The third-order valence-electron chi connectivity index (χ3n) is 2.01. The van der Waals surface area contributed by atoms with E-state index in [0.29, 0.717) is 10.7 Å². The zero-order valence-electron chi connectivity index (χ0n) is 9.25. The van der Waals surface area contributed by atoms with E-state index in [9.17, 15) is 4.21 Å². The smallest absolute Gasteiger partial charge is 0.218 e. The van der Waals surface area contributed by atoms with Gasteiger partial charge in [0.25, 0.3) is 0 Å². The van der Waals surface area contributed by atoms with Crippen LogP contribution in [0.4, 0.5) is 0 Å². The van der Waals surface area contributed by atoms with Gasteiger partial charge in [0.2, 0.25) is 5.16 Å². The van der Waals surface area contributed by atoms with Gasteiger partial charge in [-0.25, -0.2) is 9.97 Å². The van der Waals surface area contributed by atoms with Crippen molar-refractivity contribution in [3.63, 3.8) is 0 Å². The van der Waals surface area contributed by atoms with Crippen molar-refractivity contribution in [1.82, 2.24) is 9.97 Å². The molecule has 0 radical (unpaired) electrons. The van der Waals surface area contributed by atoms with Gasteiger partial charge in [-0.15, -0.1) is 0 Å². The number of aromatic nitrogens is 2. The summed E-state index contributed by atoms with van der Waals surface area (Å²) in [5, 5.41) is 0.329. The van der Waals surface area contributed by atoms with Crippen molar-refractivity contribution < 1.29 is 4.21 Å². The molecule has 0 N–H and O–H groups in total. The number of hydrogen-bond donors (Lipinski definition) is 0. The van der Waals surface area contributed by atoms with Crippen LogP contribution in [0, 0.1) is 11.8 Å². The molecule has 0 fully saturated rings. The van der Waals surface area contributed by atoms with Crippen LogP contribution in [0.1, 0.15) is 11.1 Å². The van der Waals surface area contributed by atoms with E-state index >= 15 is 0 Å². The summed E-state index contributed by atoms with van der Waals surface area (Å²) in [5.41, 5.74) is 1.65. The Kier molecular flexibility index (Phi) is 3.63. The summed E-state index contributed by atoms with van der Waals surface area (Å²) in [4.78, 5) is 7.95. The topological polar surface area (TPSA) is 42.9 Å². The first-order valence-corrected chi connectivity index (χ1v) is 6.54. The van der Waals surface area contributed by atoms with E-state index in [1.165, 1.54) is 0 Å². The van der Waals surface area contributed by atoms with Crippen LogP contribution in [0.25, 0.3) is 0 Å². The molecule has 1 aromatic carbocycles. The van der Waals surface area contributed by atoms with Crippen LogP contribution >= 0.6 is 0 Å². The second-order valence-corrected chi connectivity index (χ2v) is 4.60. The molecule has 0 spiro atoms. The number of nitrogens with zero attached hydrogens (tertiary/aromatic N) is 2. The van der Waals surface area contributed by atoms with Crippen molar-refractivity contribution in [3.8, 4) is 11.8 Å². The highest BCUT2D eigenvalue weighted by molar-refractivity contribution is 7.84. The Morgan fingerprint density at radius 2 is 1.59 bits per heavy atom. The van der Waals surface area contributed by atoms with E-state index in [-0.39, 0.29) is 0 Å². The normalized spacial score (nSPS) is 11.4. The number of hydrogen-bond acceptors (Lipinski definition) is 3. The SMILES string of the molecule is CS(=O)c1ncc(C#Cc2ccccc2)cn1. The van der Waals surface area contributed by atoms with Gasteiger partial charge in [-0.05, 0) is 12.1 Å². The van der Waals surface area contributed by atoms with E-state index in [1.807, 2.05) is 30.3 Å². The summed E-state index contributed by atoms with van der Waals surface area (Å²) < 4.78 is 11.1. The second kappa shape index (κ2) is 5.37. The lowest BCUT2D eigenvalue weighted by molar-refractivity contribution is 0.679. The first kappa shape index (κ1) is 11.5. The monoisotopic (exact) mass is 242 g/mol. The molecule has 0 aliphatic heterocycles. The lowest BCUT2D eigenvalue weighted by Gasteiger charge is -1.93. The molecule has 4 heteroatoms. The van der Waals surface area contributed by atoms with Crippen LogP contribution < -0.4 is 0 Å². The van der Waals surface area contributed by atoms with Gasteiger partial charge in [-0.3, -0.25) is 4.21 Å². The molecule has 2 aromatic rings. The minimum atomic E-state index is -1.15. The first-order chi connectivity index (χ1) is 8.25. The van der Waals surface area contributed by atoms with Gasteiger partial charge >= 0.3 is 0 Å². The van der Waals surface area contributed by atoms with Crippen LogP contribution in [0.3, 0.4) is 0 Å². The lowest BCUT2D eigenvalue weighted by Crippen LogP contribution is -1.96. The summed E-state index contributed by atoms with van der Waals surface area (Å²) in [5.74, 6) is 5.96. The quantitative estimate of drug-likeness (QED) is 0.563. The van der Waals surface area contributed by atoms with Gasteiger partial charge in [0.1, 0.15) is 0 Å². The lowest BCUT2D eigenvalue weighted by atomic mass is 10.2. The molecule has 0 bridgehead atoms. The Morgan fingerprint density at radius 3 is 2.18 bits per heavy atom. The maximum absolute atomic E-state index is 11.1. The Hall–Kier alpha value is -1.99. The van der Waals surface area contributed by atoms with Gasteiger partial charge in [-0.1, -0.05) is 30.0 Å². The van der Waals surface area contributed by atoms with Gasteiger partial charge in [-0.2, -0.15) is 0 Å². The molecular weight excluding hydrogens is 232 g/mol. The third-order valence-corrected chi connectivity index (χ3v) is 2.74. The molecule has 0 aliphatic rings. The molecule has 0 amide bonds. The van der Waals surface area contributed by atoms with Crippen LogP contribution in [0.5, 0.6) is 0 Å². The summed E-state index contributed by atoms with van der Waals surface area (Å²) in [6, 6.07) is 9.68. The molecule has 1 aromatic heterocycles. The minimum absolute atomic E-state index is 0.329. The fraction of sp³-hybridized carbons (Fsp3) is 0.0769. The number of benzene rings is 1. The molecule has 0 saturated heterocycles. The summed E-state index contributed by atoms with van der Waals surface area (Å²) >= 11 is 0. The molecule has 1 unspecified atom stereocenters. The average molecular weight is 242 g/mol. The predicted molar refractivity (Wildman–Crippen MR) is 66.8 cm³/mol. The maximum atomic E-state index is 11.1. The van der Waals surface area contributed by atoms with Crippen molar-refractivity contribution in [2.75, 3.05) is 6.26 Å². The summed E-state index contributed by atoms with van der Waals surface area (Å²) in [6.07, 6.45) is 4.71. The molecule has 0 aliphatic carbocycles. The van der Waals surface area contributed by atoms with Crippen molar-refractivity contribution in [3.05, 3.63) is 53.9 Å². The van der Waals surface area contributed by atoms with E-state index in [4.69, 9.17) is 0 Å². The molecule has 1 atom stereocenters. The van der Waals surface area contributed by atoms with Gasteiger partial charge in [0.15, 0.2) is 0 Å². The standard InChI is InChI=1S/C13H10N2OS/c1-17(16)13-14-9-12(10-15-13)8-7-11-5-3-2-4-6-11/h2-6,9-10H,1H3. The molecule has 0 saturated carbocycles. The van der Waals surface area contributed by atoms with Crippen molar-refractivity contribution in [1.29, 1.82) is 0 Å². The van der Waals surface area contributed by atoms with E-state index in [2.05, 4.69) is 21.8 Å². The highest BCUT2D eigenvalue weighted by atomic mass is 32.2. The fourth-order valence-corrected chi connectivity index (χ4v) is 1.60. The zero-order valence-corrected chi connectivity index (χ0v) is 10.1. The van der Waals surface area contributed by atoms with Crippen LogP contribution in [-0.4, -0.2) is 20.4 Å².